The van der Waals surface area contributed by atoms with Crippen molar-refractivity contribution in [2.24, 2.45) is 5.10 Å². The fourth-order valence-corrected chi connectivity index (χ4v) is 2.32. The summed E-state index contributed by atoms with van der Waals surface area (Å²) < 4.78 is 42.6. The van der Waals surface area contributed by atoms with E-state index in [1.165, 1.54) is 6.21 Å². The van der Waals surface area contributed by atoms with Crippen molar-refractivity contribution in [3.05, 3.63) is 51.6 Å². The molecule has 25 heavy (non-hydrogen) atoms. The van der Waals surface area contributed by atoms with Crippen molar-refractivity contribution in [2.45, 2.75) is 6.18 Å². The van der Waals surface area contributed by atoms with Crippen LogP contribution >= 0.6 is 23.2 Å². The van der Waals surface area contributed by atoms with Gasteiger partial charge in [-0.3, -0.25) is 5.43 Å². The third kappa shape index (κ3) is 5.28. The van der Waals surface area contributed by atoms with Crippen LogP contribution in [0.15, 0.2) is 35.6 Å². The maximum atomic E-state index is 12.4. The van der Waals surface area contributed by atoms with Crippen LogP contribution in [0.25, 0.3) is 0 Å². The lowest BCUT2D eigenvalue weighted by Crippen LogP contribution is -2.05. The fourth-order valence-electron chi connectivity index (χ4n) is 1.71. The Balaban J connectivity index is 2.06. The number of alkyl halides is 3. The Labute approximate surface area is 151 Å². The number of ether oxygens (including phenoxy) is 1. The number of hydrogen-bond acceptors (Lipinski definition) is 4. The molecule has 0 spiro atoms. The van der Waals surface area contributed by atoms with E-state index < -0.39 is 11.7 Å². The van der Waals surface area contributed by atoms with E-state index in [1.807, 2.05) is 0 Å². The first-order valence-electron chi connectivity index (χ1n) is 6.69. The summed E-state index contributed by atoms with van der Waals surface area (Å²) in [6, 6.07) is 5.16. The van der Waals surface area contributed by atoms with E-state index in [2.05, 4.69) is 21.4 Å². The van der Waals surface area contributed by atoms with Crippen molar-refractivity contribution < 1.29 is 17.9 Å². The molecule has 1 aromatic carbocycles. The molecule has 4 nitrogen and oxygen atoms in total. The largest absolute Gasteiger partial charge is 0.478 e. The van der Waals surface area contributed by atoms with Gasteiger partial charge in [-0.1, -0.05) is 29.1 Å². The first-order valence-corrected chi connectivity index (χ1v) is 7.44. The maximum Gasteiger partial charge on any atom is 0.417 e. The van der Waals surface area contributed by atoms with Crippen molar-refractivity contribution in [1.29, 1.82) is 0 Å². The summed E-state index contributed by atoms with van der Waals surface area (Å²) in [5.41, 5.74) is 2.21. The predicted octanol–water partition coefficient (Wildman–Crippen LogP) is 4.87. The molecule has 2 aromatic rings. The van der Waals surface area contributed by atoms with Crippen molar-refractivity contribution >= 4 is 35.2 Å². The summed E-state index contributed by atoms with van der Waals surface area (Å²) in [5.74, 6) is 2.71. The number of pyridine rings is 1. The molecule has 130 valence electrons. The van der Waals surface area contributed by atoms with E-state index in [0.717, 1.165) is 12.1 Å². The Hall–Kier alpha value is -2.43. The van der Waals surface area contributed by atoms with Gasteiger partial charge in [-0.15, -0.1) is 6.42 Å². The molecule has 1 aromatic heterocycles. The van der Waals surface area contributed by atoms with Crippen LogP contribution < -0.4 is 10.2 Å². The molecule has 0 radical (unpaired) electrons. The second-order valence-electron chi connectivity index (χ2n) is 4.61. The van der Waals surface area contributed by atoms with Crippen LogP contribution in [0.1, 0.15) is 11.1 Å². The second kappa shape index (κ2) is 8.10. The predicted molar refractivity (Wildman–Crippen MR) is 91.2 cm³/mol. The normalized spacial score (nSPS) is 11.4. The molecular formula is C16H10Cl2F3N3O. The van der Waals surface area contributed by atoms with Gasteiger partial charge in [0.15, 0.2) is 5.75 Å². The maximum absolute atomic E-state index is 12.4. The Kier molecular flexibility index (Phi) is 6.12. The summed E-state index contributed by atoms with van der Waals surface area (Å²) in [4.78, 5) is 3.62. The minimum Gasteiger partial charge on any atom is -0.478 e. The summed E-state index contributed by atoms with van der Waals surface area (Å²) in [7, 11) is 0. The number of anilines is 1. The van der Waals surface area contributed by atoms with Crippen LogP contribution in [-0.4, -0.2) is 17.8 Å². The van der Waals surface area contributed by atoms with Crippen molar-refractivity contribution in [3.63, 3.8) is 0 Å². The van der Waals surface area contributed by atoms with Gasteiger partial charge in [0.1, 0.15) is 12.4 Å². The quantitative estimate of drug-likeness (QED) is 0.452. The van der Waals surface area contributed by atoms with Gasteiger partial charge in [0.05, 0.1) is 21.8 Å². The Morgan fingerprint density at radius 2 is 1.96 bits per heavy atom. The standard InChI is InChI=1S/C16H10Cl2F3N3O/c1-2-5-25-15-12(17)6-10(7-13(15)18)8-23-24-14-4-3-11(9-22-14)16(19,20)21/h1,3-4,6-9H,5H2,(H,22,24)/b23-8-. The topological polar surface area (TPSA) is 46.5 Å². The average Bonchev–Trinajstić information content (AvgIpc) is 2.54. The van der Waals surface area contributed by atoms with Gasteiger partial charge in [0.2, 0.25) is 0 Å². The molecular weight excluding hydrogens is 378 g/mol. The van der Waals surface area contributed by atoms with Crippen LogP contribution in [0.3, 0.4) is 0 Å². The molecule has 0 atom stereocenters. The third-order valence-electron chi connectivity index (χ3n) is 2.80. The lowest BCUT2D eigenvalue weighted by atomic mass is 10.2. The average molecular weight is 388 g/mol. The summed E-state index contributed by atoms with van der Waals surface area (Å²) in [6.45, 7) is 0.0218. The van der Waals surface area contributed by atoms with E-state index in [4.69, 9.17) is 34.4 Å². The summed E-state index contributed by atoms with van der Waals surface area (Å²) >= 11 is 12.1. The molecule has 0 unspecified atom stereocenters. The lowest BCUT2D eigenvalue weighted by molar-refractivity contribution is -0.137. The number of halogens is 5. The number of terminal acetylenes is 1. The highest BCUT2D eigenvalue weighted by Crippen LogP contribution is 2.33. The minimum absolute atomic E-state index is 0.0218. The molecule has 9 heteroatoms. The molecule has 0 aliphatic rings. The van der Waals surface area contributed by atoms with Gasteiger partial charge in [-0.05, 0) is 29.8 Å². The monoisotopic (exact) mass is 387 g/mol. The molecule has 1 N–H and O–H groups in total. The van der Waals surface area contributed by atoms with Crippen molar-refractivity contribution in [3.8, 4) is 18.1 Å². The minimum atomic E-state index is -4.44. The van der Waals surface area contributed by atoms with E-state index >= 15 is 0 Å². The van der Waals surface area contributed by atoms with Crippen LogP contribution in [0, 0.1) is 12.3 Å². The highest BCUT2D eigenvalue weighted by atomic mass is 35.5. The number of hydrazone groups is 1. The molecule has 2 rings (SSSR count). The van der Waals surface area contributed by atoms with Gasteiger partial charge in [0, 0.05) is 6.20 Å². The fraction of sp³-hybridized carbons (Fsp3) is 0.125. The van der Waals surface area contributed by atoms with E-state index in [9.17, 15) is 13.2 Å². The van der Waals surface area contributed by atoms with Gasteiger partial charge in [0.25, 0.3) is 0 Å². The number of rotatable bonds is 5. The van der Waals surface area contributed by atoms with Crippen LogP contribution in [0.5, 0.6) is 5.75 Å². The summed E-state index contributed by atoms with van der Waals surface area (Å²) in [5, 5.41) is 4.36. The summed E-state index contributed by atoms with van der Waals surface area (Å²) in [6.07, 6.45) is 2.75. The van der Waals surface area contributed by atoms with E-state index in [1.54, 1.807) is 12.1 Å². The van der Waals surface area contributed by atoms with Gasteiger partial charge >= 0.3 is 6.18 Å². The Morgan fingerprint density at radius 1 is 1.28 bits per heavy atom. The van der Waals surface area contributed by atoms with Crippen molar-refractivity contribution in [1.82, 2.24) is 4.98 Å². The highest BCUT2D eigenvalue weighted by Gasteiger charge is 2.30. The number of hydrogen-bond donors (Lipinski definition) is 1. The van der Waals surface area contributed by atoms with Gasteiger partial charge < -0.3 is 4.74 Å². The Bertz CT molecular complexity index is 792. The molecule has 0 aliphatic heterocycles. The highest BCUT2D eigenvalue weighted by molar-refractivity contribution is 6.37. The third-order valence-corrected chi connectivity index (χ3v) is 3.37. The van der Waals surface area contributed by atoms with Crippen molar-refractivity contribution in [2.75, 3.05) is 12.0 Å². The lowest BCUT2D eigenvalue weighted by Gasteiger charge is -2.08. The molecule has 0 amide bonds. The van der Waals surface area contributed by atoms with Crippen LogP contribution in [0.2, 0.25) is 10.0 Å². The zero-order chi connectivity index (χ0) is 18.4. The number of nitrogens with one attached hydrogen (secondary N) is 1. The molecule has 0 fully saturated rings. The zero-order valence-corrected chi connectivity index (χ0v) is 14.0. The van der Waals surface area contributed by atoms with Crippen LogP contribution in [0.4, 0.5) is 19.0 Å². The van der Waals surface area contributed by atoms with Crippen LogP contribution in [-0.2, 0) is 6.18 Å². The molecule has 1 heterocycles. The SMILES string of the molecule is C#CCOc1c(Cl)cc(/C=N\Nc2ccc(C(F)(F)F)cn2)cc1Cl. The van der Waals surface area contributed by atoms with E-state index in [-0.39, 0.29) is 28.2 Å². The second-order valence-corrected chi connectivity index (χ2v) is 5.42. The zero-order valence-electron chi connectivity index (χ0n) is 12.4. The first kappa shape index (κ1) is 18.9. The Morgan fingerprint density at radius 3 is 2.48 bits per heavy atom. The molecule has 0 aliphatic carbocycles. The van der Waals surface area contributed by atoms with E-state index in [0.29, 0.717) is 11.8 Å². The van der Waals surface area contributed by atoms with Gasteiger partial charge in [-0.2, -0.15) is 18.3 Å². The smallest absolute Gasteiger partial charge is 0.417 e. The first-order chi connectivity index (χ1) is 11.8. The number of benzene rings is 1. The molecule has 0 saturated carbocycles. The number of aromatic nitrogens is 1. The van der Waals surface area contributed by atoms with Gasteiger partial charge in [-0.25, -0.2) is 4.98 Å². The number of nitrogens with zero attached hydrogens (tertiary/aromatic N) is 2. The molecule has 0 saturated heterocycles. The molecule has 0 bridgehead atoms.